The molecule has 0 heterocycles. The summed E-state index contributed by atoms with van der Waals surface area (Å²) in [6, 6.07) is 14.9. The molecule has 2 aromatic rings. The van der Waals surface area contributed by atoms with Crippen molar-refractivity contribution in [3.8, 4) is 17.2 Å². The van der Waals surface area contributed by atoms with Crippen molar-refractivity contribution < 1.29 is 14.6 Å². The summed E-state index contributed by atoms with van der Waals surface area (Å²) < 4.78 is 11.1. The van der Waals surface area contributed by atoms with Gasteiger partial charge in [0, 0.05) is 6.07 Å². The van der Waals surface area contributed by atoms with E-state index in [9.17, 15) is 5.11 Å². The summed E-state index contributed by atoms with van der Waals surface area (Å²) in [7, 11) is 0. The standard InChI is InChI=1S/C18H22O3/c1-18(2,3)14-7-9-16(10-8-14)20-11-12-21-17-6-4-5-15(19)13-17/h4-10,13,19H,11-12H2,1-3H3. The molecule has 21 heavy (non-hydrogen) atoms. The lowest BCUT2D eigenvalue weighted by Crippen LogP contribution is -2.11. The second-order valence-corrected chi connectivity index (χ2v) is 5.97. The van der Waals surface area contributed by atoms with Crippen LogP contribution < -0.4 is 9.47 Å². The van der Waals surface area contributed by atoms with Gasteiger partial charge < -0.3 is 14.6 Å². The number of aromatic hydroxyl groups is 1. The first-order valence-corrected chi connectivity index (χ1v) is 7.10. The van der Waals surface area contributed by atoms with Gasteiger partial charge in [-0.3, -0.25) is 0 Å². The smallest absolute Gasteiger partial charge is 0.123 e. The zero-order valence-electron chi connectivity index (χ0n) is 12.8. The fourth-order valence-electron chi connectivity index (χ4n) is 1.94. The number of benzene rings is 2. The van der Waals surface area contributed by atoms with Crippen LogP contribution >= 0.6 is 0 Å². The van der Waals surface area contributed by atoms with Crippen molar-refractivity contribution in [2.75, 3.05) is 13.2 Å². The number of hydrogen-bond acceptors (Lipinski definition) is 3. The molecule has 0 saturated carbocycles. The Morgan fingerprint density at radius 3 is 2.05 bits per heavy atom. The number of rotatable bonds is 5. The van der Waals surface area contributed by atoms with Crippen molar-refractivity contribution in [2.45, 2.75) is 26.2 Å². The number of ether oxygens (including phenoxy) is 2. The molecule has 2 aromatic carbocycles. The van der Waals surface area contributed by atoms with E-state index in [0.29, 0.717) is 19.0 Å². The second kappa shape index (κ2) is 6.53. The maximum atomic E-state index is 9.33. The van der Waals surface area contributed by atoms with Crippen LogP contribution in [0, 0.1) is 0 Å². The second-order valence-electron chi connectivity index (χ2n) is 5.97. The third-order valence-electron chi connectivity index (χ3n) is 3.16. The van der Waals surface area contributed by atoms with Crippen molar-refractivity contribution >= 4 is 0 Å². The maximum Gasteiger partial charge on any atom is 0.123 e. The van der Waals surface area contributed by atoms with Gasteiger partial charge in [0.05, 0.1) is 0 Å². The molecule has 1 N–H and O–H groups in total. The van der Waals surface area contributed by atoms with Gasteiger partial charge in [0.15, 0.2) is 0 Å². The van der Waals surface area contributed by atoms with Gasteiger partial charge in [0.1, 0.15) is 30.5 Å². The van der Waals surface area contributed by atoms with Crippen LogP contribution in [-0.2, 0) is 5.41 Å². The van der Waals surface area contributed by atoms with Crippen LogP contribution in [0.4, 0.5) is 0 Å². The van der Waals surface area contributed by atoms with Crippen LogP contribution in [0.1, 0.15) is 26.3 Å². The minimum Gasteiger partial charge on any atom is -0.508 e. The number of phenolic OH excluding ortho intramolecular Hbond substituents is 1. The Morgan fingerprint density at radius 1 is 0.857 bits per heavy atom. The summed E-state index contributed by atoms with van der Waals surface area (Å²) in [5, 5.41) is 9.33. The van der Waals surface area contributed by atoms with Crippen molar-refractivity contribution in [1.82, 2.24) is 0 Å². The molecular formula is C18H22O3. The van der Waals surface area contributed by atoms with Crippen LogP contribution in [0.5, 0.6) is 17.2 Å². The average molecular weight is 286 g/mol. The quantitative estimate of drug-likeness (QED) is 0.839. The molecule has 0 saturated heterocycles. The first kappa shape index (κ1) is 15.2. The molecule has 3 nitrogen and oxygen atoms in total. The van der Waals surface area contributed by atoms with Crippen LogP contribution in [0.2, 0.25) is 0 Å². The molecule has 0 radical (unpaired) electrons. The Hall–Kier alpha value is -2.16. The predicted molar refractivity (Wildman–Crippen MR) is 84.2 cm³/mol. The molecule has 0 atom stereocenters. The minimum absolute atomic E-state index is 0.150. The van der Waals surface area contributed by atoms with Crippen LogP contribution in [0.3, 0.4) is 0 Å². The van der Waals surface area contributed by atoms with Crippen molar-refractivity contribution in [3.05, 3.63) is 54.1 Å². The van der Waals surface area contributed by atoms with Crippen LogP contribution in [0.15, 0.2) is 48.5 Å². The fraction of sp³-hybridized carbons (Fsp3) is 0.333. The molecule has 0 amide bonds. The maximum absolute atomic E-state index is 9.33. The SMILES string of the molecule is CC(C)(C)c1ccc(OCCOc2cccc(O)c2)cc1. The van der Waals surface area contributed by atoms with Gasteiger partial charge in [-0.2, -0.15) is 0 Å². The van der Waals surface area contributed by atoms with E-state index >= 15 is 0 Å². The highest BCUT2D eigenvalue weighted by molar-refractivity contribution is 5.32. The molecule has 0 bridgehead atoms. The Balaban J connectivity index is 1.79. The molecule has 0 aliphatic rings. The lowest BCUT2D eigenvalue weighted by atomic mass is 9.87. The normalized spacial score (nSPS) is 11.2. The fourth-order valence-corrected chi connectivity index (χ4v) is 1.94. The van der Waals surface area contributed by atoms with E-state index in [-0.39, 0.29) is 11.2 Å². The van der Waals surface area contributed by atoms with Crippen LogP contribution in [-0.4, -0.2) is 18.3 Å². The lowest BCUT2D eigenvalue weighted by molar-refractivity contribution is 0.216. The number of hydrogen-bond donors (Lipinski definition) is 1. The molecule has 0 aliphatic carbocycles. The molecule has 0 spiro atoms. The van der Waals surface area contributed by atoms with Crippen molar-refractivity contribution in [1.29, 1.82) is 0 Å². The lowest BCUT2D eigenvalue weighted by Gasteiger charge is -2.19. The molecule has 0 fully saturated rings. The van der Waals surface area contributed by atoms with E-state index in [1.807, 2.05) is 12.1 Å². The summed E-state index contributed by atoms with van der Waals surface area (Å²) >= 11 is 0. The van der Waals surface area contributed by atoms with E-state index < -0.39 is 0 Å². The summed E-state index contributed by atoms with van der Waals surface area (Å²) in [4.78, 5) is 0. The Kier molecular flexibility index (Phi) is 4.73. The van der Waals surface area contributed by atoms with Gasteiger partial charge in [0.25, 0.3) is 0 Å². The summed E-state index contributed by atoms with van der Waals surface area (Å²) in [6.07, 6.45) is 0. The van der Waals surface area contributed by atoms with Gasteiger partial charge in [-0.15, -0.1) is 0 Å². The molecule has 0 aliphatic heterocycles. The third-order valence-corrected chi connectivity index (χ3v) is 3.16. The average Bonchev–Trinajstić information content (AvgIpc) is 2.43. The Labute approximate surface area is 126 Å². The van der Waals surface area contributed by atoms with Gasteiger partial charge >= 0.3 is 0 Å². The monoisotopic (exact) mass is 286 g/mol. The molecule has 0 aromatic heterocycles. The summed E-state index contributed by atoms with van der Waals surface area (Å²) in [5.74, 6) is 1.68. The van der Waals surface area contributed by atoms with E-state index in [1.165, 1.54) is 5.56 Å². The van der Waals surface area contributed by atoms with Gasteiger partial charge in [-0.25, -0.2) is 0 Å². The molecular weight excluding hydrogens is 264 g/mol. The zero-order valence-corrected chi connectivity index (χ0v) is 12.8. The molecule has 0 unspecified atom stereocenters. The summed E-state index contributed by atoms with van der Waals surface area (Å²) in [6.45, 7) is 7.46. The van der Waals surface area contributed by atoms with Crippen LogP contribution in [0.25, 0.3) is 0 Å². The summed E-state index contributed by atoms with van der Waals surface area (Å²) in [5.41, 5.74) is 1.43. The third kappa shape index (κ3) is 4.71. The highest BCUT2D eigenvalue weighted by atomic mass is 16.5. The molecule has 3 heteroatoms. The molecule has 2 rings (SSSR count). The molecule has 112 valence electrons. The van der Waals surface area contributed by atoms with E-state index in [1.54, 1.807) is 24.3 Å². The van der Waals surface area contributed by atoms with Crippen molar-refractivity contribution in [2.24, 2.45) is 0 Å². The first-order valence-electron chi connectivity index (χ1n) is 7.10. The minimum atomic E-state index is 0.150. The topological polar surface area (TPSA) is 38.7 Å². The van der Waals surface area contributed by atoms with Gasteiger partial charge in [-0.1, -0.05) is 39.0 Å². The largest absolute Gasteiger partial charge is 0.508 e. The zero-order chi connectivity index (χ0) is 15.3. The van der Waals surface area contributed by atoms with E-state index in [4.69, 9.17) is 9.47 Å². The Morgan fingerprint density at radius 2 is 1.48 bits per heavy atom. The van der Waals surface area contributed by atoms with Gasteiger partial charge in [-0.05, 0) is 35.2 Å². The van der Waals surface area contributed by atoms with E-state index in [0.717, 1.165) is 5.75 Å². The predicted octanol–water partition coefficient (Wildman–Crippen LogP) is 4.15. The Bertz CT molecular complexity index is 568. The first-order chi connectivity index (χ1) is 9.95. The van der Waals surface area contributed by atoms with Gasteiger partial charge in [0.2, 0.25) is 0 Å². The number of phenols is 1. The highest BCUT2D eigenvalue weighted by Gasteiger charge is 2.12. The van der Waals surface area contributed by atoms with Crippen molar-refractivity contribution in [3.63, 3.8) is 0 Å². The highest BCUT2D eigenvalue weighted by Crippen LogP contribution is 2.24. The van der Waals surface area contributed by atoms with E-state index in [2.05, 4.69) is 32.9 Å².